The monoisotopic (exact) mass is 496 g/mol. The zero-order valence-electron chi connectivity index (χ0n) is 19.9. The lowest BCUT2D eigenvalue weighted by Crippen LogP contribution is -2.40. The van der Waals surface area contributed by atoms with Crippen LogP contribution in [0.15, 0.2) is 48.9 Å². The lowest BCUT2D eigenvalue weighted by molar-refractivity contribution is 0.292. The van der Waals surface area contributed by atoms with Gasteiger partial charge in [-0.3, -0.25) is 9.25 Å². The smallest absolute Gasteiger partial charge is 0.152 e. The van der Waals surface area contributed by atoms with E-state index in [1.807, 2.05) is 29.9 Å². The molecule has 0 bridgehead atoms. The van der Waals surface area contributed by atoms with Gasteiger partial charge >= 0.3 is 0 Å². The first-order valence-corrected chi connectivity index (χ1v) is 13.6. The van der Waals surface area contributed by atoms with Gasteiger partial charge in [0.25, 0.3) is 0 Å². The molecule has 0 unspecified atom stereocenters. The Bertz CT molecular complexity index is 1460. The van der Waals surface area contributed by atoms with E-state index in [-0.39, 0.29) is 17.3 Å². The van der Waals surface area contributed by atoms with Crippen molar-refractivity contribution >= 4 is 26.6 Å². The van der Waals surface area contributed by atoms with Crippen LogP contribution in [0.3, 0.4) is 0 Å². The van der Waals surface area contributed by atoms with Crippen LogP contribution in [0, 0.1) is 5.82 Å². The summed E-state index contributed by atoms with van der Waals surface area (Å²) in [6.45, 7) is 2.07. The molecule has 5 rings (SSSR count). The Balaban J connectivity index is 1.44. The number of pyridine rings is 1. The molecule has 1 N–H and O–H groups in total. The lowest BCUT2D eigenvalue weighted by atomic mass is 10.1. The molecular weight excluding hydrogens is 467 g/mol. The second-order valence-corrected chi connectivity index (χ2v) is 11.3. The van der Waals surface area contributed by atoms with Crippen LogP contribution >= 0.6 is 0 Å². The summed E-state index contributed by atoms with van der Waals surface area (Å²) in [7, 11) is 0.698. The summed E-state index contributed by atoms with van der Waals surface area (Å²) < 4.78 is 41.6. The van der Waals surface area contributed by atoms with Gasteiger partial charge < -0.3 is 10.2 Å². The highest BCUT2D eigenvalue weighted by Crippen LogP contribution is 2.29. The predicted octanol–water partition coefficient (Wildman–Crippen LogP) is 3.27. The second-order valence-electron chi connectivity index (χ2n) is 9.01. The van der Waals surface area contributed by atoms with Crippen molar-refractivity contribution in [2.24, 2.45) is 7.05 Å². The van der Waals surface area contributed by atoms with E-state index in [0.717, 1.165) is 36.1 Å². The molecule has 4 aromatic rings. The molecule has 0 spiro atoms. The number of fused-ring (bicyclic) bond motifs is 1. The Hall–Kier alpha value is -3.24. The average molecular weight is 497 g/mol. The van der Waals surface area contributed by atoms with E-state index in [9.17, 15) is 12.8 Å². The van der Waals surface area contributed by atoms with Crippen molar-refractivity contribution in [2.45, 2.75) is 12.8 Å². The first-order chi connectivity index (χ1) is 16.8. The zero-order chi connectivity index (χ0) is 24.6. The molecule has 4 heterocycles. The molecule has 1 fully saturated rings. The molecule has 184 valence electrons. The number of halogens is 1. The largest absolute Gasteiger partial charge is 0.386 e. The fourth-order valence-corrected chi connectivity index (χ4v) is 5.88. The lowest BCUT2D eigenvalue weighted by Gasteiger charge is -2.26. The molecule has 0 atom stereocenters. The van der Waals surface area contributed by atoms with Gasteiger partial charge in [0.15, 0.2) is 9.84 Å². The van der Waals surface area contributed by atoms with Crippen LogP contribution in [0.2, 0.25) is 0 Å². The minimum absolute atomic E-state index is 0.246. The Kier molecular flexibility index (Phi) is 6.33. The first kappa shape index (κ1) is 23.5. The SMILES string of the molecule is CNc1ccc(-c2ccc3c(CCCN4CCS(=O)(=O)CC4)cn(-c4cnn(C)c4)c3n2)cc1F. The maximum Gasteiger partial charge on any atom is 0.152 e. The number of sulfone groups is 1. The van der Waals surface area contributed by atoms with Crippen LogP contribution in [0.1, 0.15) is 12.0 Å². The van der Waals surface area contributed by atoms with Gasteiger partial charge in [-0.05, 0) is 49.2 Å². The first-order valence-electron chi connectivity index (χ1n) is 11.7. The minimum Gasteiger partial charge on any atom is -0.386 e. The van der Waals surface area contributed by atoms with Crippen molar-refractivity contribution in [2.75, 3.05) is 43.5 Å². The number of benzene rings is 1. The van der Waals surface area contributed by atoms with Crippen LogP contribution in [-0.2, 0) is 23.3 Å². The summed E-state index contributed by atoms with van der Waals surface area (Å²) in [5.74, 6) is 0.173. The highest BCUT2D eigenvalue weighted by molar-refractivity contribution is 7.91. The standard InChI is InChI=1S/C25H29FN6O2S/c1-27-24-7-5-18(14-22(24)26)23-8-6-21-19(4-3-9-31-10-12-35(33,34)13-11-31)16-32(25(21)29-23)20-15-28-30(2)17-20/h5-8,14-17,27H,3-4,9-13H2,1-2H3. The molecule has 35 heavy (non-hydrogen) atoms. The van der Waals surface area contributed by atoms with Crippen molar-refractivity contribution in [1.82, 2.24) is 24.2 Å². The van der Waals surface area contributed by atoms with Crippen LogP contribution < -0.4 is 5.32 Å². The van der Waals surface area contributed by atoms with Gasteiger partial charge in [-0.25, -0.2) is 17.8 Å². The van der Waals surface area contributed by atoms with E-state index < -0.39 is 9.84 Å². The Morgan fingerprint density at radius 1 is 1.11 bits per heavy atom. The second kappa shape index (κ2) is 9.43. The topological polar surface area (TPSA) is 85.0 Å². The average Bonchev–Trinajstić information content (AvgIpc) is 3.43. The van der Waals surface area contributed by atoms with E-state index in [1.165, 1.54) is 11.6 Å². The molecule has 0 amide bonds. The van der Waals surface area contributed by atoms with E-state index in [1.54, 1.807) is 24.0 Å². The summed E-state index contributed by atoms with van der Waals surface area (Å²) in [6, 6.07) is 9.06. The number of rotatable bonds is 7. The number of aryl methyl sites for hydroxylation is 2. The van der Waals surface area contributed by atoms with Gasteiger partial charge in [-0.15, -0.1) is 0 Å². The number of aromatic nitrogens is 4. The van der Waals surface area contributed by atoms with E-state index in [0.29, 0.717) is 30.0 Å². The van der Waals surface area contributed by atoms with Crippen molar-refractivity contribution in [3.8, 4) is 16.9 Å². The summed E-state index contributed by atoms with van der Waals surface area (Å²) in [5.41, 5.74) is 4.73. The molecule has 0 radical (unpaired) electrons. The van der Waals surface area contributed by atoms with Gasteiger partial charge in [0, 0.05) is 50.5 Å². The normalized spacial score (nSPS) is 16.1. The third-order valence-electron chi connectivity index (χ3n) is 6.60. The van der Waals surface area contributed by atoms with E-state index in [2.05, 4.69) is 27.6 Å². The molecule has 1 aliphatic rings. The summed E-state index contributed by atoms with van der Waals surface area (Å²) in [5, 5.41) is 8.20. The molecule has 0 aliphatic carbocycles. The molecule has 10 heteroatoms. The molecule has 8 nitrogen and oxygen atoms in total. The maximum absolute atomic E-state index is 14.4. The quantitative estimate of drug-likeness (QED) is 0.423. The van der Waals surface area contributed by atoms with Crippen molar-refractivity contribution < 1.29 is 12.8 Å². The molecule has 1 aliphatic heterocycles. The third-order valence-corrected chi connectivity index (χ3v) is 8.20. The summed E-state index contributed by atoms with van der Waals surface area (Å²) >= 11 is 0. The number of nitrogens with one attached hydrogen (secondary N) is 1. The highest BCUT2D eigenvalue weighted by atomic mass is 32.2. The Morgan fingerprint density at radius 3 is 2.60 bits per heavy atom. The van der Waals surface area contributed by atoms with Gasteiger partial charge in [0.1, 0.15) is 11.5 Å². The fraction of sp³-hybridized carbons (Fsp3) is 0.360. The number of anilines is 1. The zero-order valence-corrected chi connectivity index (χ0v) is 20.7. The predicted molar refractivity (Wildman–Crippen MR) is 136 cm³/mol. The van der Waals surface area contributed by atoms with Crippen molar-refractivity contribution in [3.63, 3.8) is 0 Å². The number of nitrogens with zero attached hydrogens (tertiary/aromatic N) is 5. The van der Waals surface area contributed by atoms with E-state index >= 15 is 0 Å². The van der Waals surface area contributed by atoms with E-state index in [4.69, 9.17) is 4.98 Å². The molecule has 1 aromatic carbocycles. The third kappa shape index (κ3) is 4.94. The van der Waals surface area contributed by atoms with Gasteiger partial charge in [-0.2, -0.15) is 5.10 Å². The van der Waals surface area contributed by atoms with Gasteiger partial charge in [0.05, 0.1) is 34.8 Å². The molecular formula is C25H29FN6O2S. The fourth-order valence-electron chi connectivity index (χ4n) is 4.60. The van der Waals surface area contributed by atoms with Gasteiger partial charge in [-0.1, -0.05) is 6.07 Å². The molecule has 3 aromatic heterocycles. The summed E-state index contributed by atoms with van der Waals surface area (Å²) in [6.07, 6.45) is 7.61. The van der Waals surface area contributed by atoms with Crippen molar-refractivity contribution in [1.29, 1.82) is 0 Å². The molecule has 0 saturated carbocycles. The van der Waals surface area contributed by atoms with Crippen LogP contribution in [0.4, 0.5) is 10.1 Å². The summed E-state index contributed by atoms with van der Waals surface area (Å²) in [4.78, 5) is 7.15. The van der Waals surface area contributed by atoms with Crippen LogP contribution in [0.5, 0.6) is 0 Å². The molecule has 1 saturated heterocycles. The Labute approximate surface area is 204 Å². The Morgan fingerprint density at radius 2 is 1.91 bits per heavy atom. The van der Waals surface area contributed by atoms with Gasteiger partial charge in [0.2, 0.25) is 0 Å². The highest BCUT2D eigenvalue weighted by Gasteiger charge is 2.21. The maximum atomic E-state index is 14.4. The minimum atomic E-state index is -2.87. The number of hydrogen-bond donors (Lipinski definition) is 1. The number of hydrogen-bond acceptors (Lipinski definition) is 6. The van der Waals surface area contributed by atoms with Crippen LogP contribution in [-0.4, -0.2) is 70.8 Å². The van der Waals surface area contributed by atoms with Crippen LogP contribution in [0.25, 0.3) is 28.0 Å². The van der Waals surface area contributed by atoms with Crippen molar-refractivity contribution in [3.05, 3.63) is 60.3 Å².